The minimum absolute atomic E-state index is 0.0617. The average molecular weight is 432 g/mol. The molecule has 2 N–H and O–H groups in total. The van der Waals surface area contributed by atoms with E-state index in [-0.39, 0.29) is 11.5 Å². The fourth-order valence-corrected chi connectivity index (χ4v) is 6.88. The van der Waals surface area contributed by atoms with Crippen LogP contribution in [0.3, 0.4) is 0 Å². The lowest BCUT2D eigenvalue weighted by Crippen LogP contribution is -2.21. The Kier molecular flexibility index (Phi) is 8.95. The van der Waals surface area contributed by atoms with Crippen LogP contribution >= 0.6 is 10.3 Å². The van der Waals surface area contributed by atoms with E-state index in [1.165, 1.54) is 22.4 Å². The Morgan fingerprint density at radius 2 is 1.83 bits per heavy atom. The van der Waals surface area contributed by atoms with E-state index in [1.54, 1.807) is 11.6 Å². The highest BCUT2D eigenvalue weighted by Gasteiger charge is 2.26. The zero-order valence-electron chi connectivity index (χ0n) is 19.0. The molecule has 1 amide bonds. The van der Waals surface area contributed by atoms with Gasteiger partial charge in [0, 0.05) is 11.8 Å². The van der Waals surface area contributed by atoms with E-state index in [1.807, 2.05) is 0 Å². The van der Waals surface area contributed by atoms with Crippen molar-refractivity contribution in [1.29, 1.82) is 0 Å². The average Bonchev–Trinajstić information content (AvgIpc) is 2.67. The second kappa shape index (κ2) is 11.0. The summed E-state index contributed by atoms with van der Waals surface area (Å²) in [5, 5.41) is 11.0. The van der Waals surface area contributed by atoms with Gasteiger partial charge in [-0.15, -0.1) is 10.3 Å². The SMILES string of the molecule is CC(C)(C)CS(C)(C)OC(CCCC/C=C/C(=O)NO)c1ccc2ccccc2c1. The van der Waals surface area contributed by atoms with Crippen molar-refractivity contribution in [2.24, 2.45) is 5.41 Å². The molecule has 1 unspecified atom stereocenters. The molecule has 30 heavy (non-hydrogen) atoms. The maximum Gasteiger partial charge on any atom is 0.267 e. The van der Waals surface area contributed by atoms with Gasteiger partial charge in [-0.3, -0.25) is 10.0 Å². The molecule has 5 heteroatoms. The Labute approximate surface area is 183 Å². The molecular weight excluding hydrogens is 394 g/mol. The lowest BCUT2D eigenvalue weighted by atomic mass is 10.00. The zero-order chi connectivity index (χ0) is 22.2. The second-order valence-corrected chi connectivity index (χ2v) is 12.9. The van der Waals surface area contributed by atoms with E-state index >= 15 is 0 Å². The topological polar surface area (TPSA) is 58.6 Å². The number of carbonyl (C=O) groups is 1. The van der Waals surface area contributed by atoms with Gasteiger partial charge in [0.15, 0.2) is 0 Å². The first-order valence-electron chi connectivity index (χ1n) is 10.6. The smallest absolute Gasteiger partial charge is 0.267 e. The van der Waals surface area contributed by atoms with Crippen LogP contribution in [-0.2, 0) is 8.98 Å². The van der Waals surface area contributed by atoms with Gasteiger partial charge in [0.25, 0.3) is 5.91 Å². The predicted octanol–water partition coefficient (Wildman–Crippen LogP) is 6.54. The van der Waals surface area contributed by atoms with Gasteiger partial charge < -0.3 is 4.18 Å². The Hall–Kier alpha value is -1.82. The number of hydrogen-bond acceptors (Lipinski definition) is 3. The normalized spacial score (nSPS) is 14.2. The summed E-state index contributed by atoms with van der Waals surface area (Å²) in [5.74, 6) is 0.572. The fourth-order valence-electron chi connectivity index (χ4n) is 3.89. The number of fused-ring (bicyclic) bond motifs is 1. The Morgan fingerprint density at radius 3 is 2.50 bits per heavy atom. The van der Waals surface area contributed by atoms with Crippen molar-refractivity contribution in [2.75, 3.05) is 18.3 Å². The maximum atomic E-state index is 11.1. The molecule has 0 aliphatic heterocycles. The van der Waals surface area contributed by atoms with Crippen LogP contribution in [0.25, 0.3) is 10.8 Å². The second-order valence-electron chi connectivity index (χ2n) is 9.50. The van der Waals surface area contributed by atoms with Crippen LogP contribution in [0.2, 0.25) is 0 Å². The molecular formula is C25H37NO3S. The molecule has 4 nitrogen and oxygen atoms in total. The van der Waals surface area contributed by atoms with Crippen molar-refractivity contribution in [3.63, 3.8) is 0 Å². The number of rotatable bonds is 10. The van der Waals surface area contributed by atoms with Crippen LogP contribution in [0.1, 0.15) is 58.1 Å². The van der Waals surface area contributed by atoms with Gasteiger partial charge in [-0.25, -0.2) is 5.48 Å². The van der Waals surface area contributed by atoms with Crippen molar-refractivity contribution in [2.45, 2.75) is 52.6 Å². The molecule has 0 saturated carbocycles. The highest BCUT2D eigenvalue weighted by molar-refractivity contribution is 8.28. The molecule has 0 fully saturated rings. The van der Waals surface area contributed by atoms with Crippen LogP contribution < -0.4 is 5.48 Å². The quantitative estimate of drug-likeness (QED) is 0.194. The summed E-state index contributed by atoms with van der Waals surface area (Å²) >= 11 is 0. The standard InChI is InChI=1S/C25H37NO3S/c1-25(2,3)19-30(4,5)29-23(14-8-6-7-9-15-24(27)26-28)22-17-16-20-12-10-11-13-21(20)18-22/h9-13,15-18,23,28H,6-8,14,19H2,1-5H3,(H,26,27)/b15-9+. The van der Waals surface area contributed by atoms with Crippen LogP contribution in [0.5, 0.6) is 0 Å². The predicted molar refractivity (Wildman–Crippen MR) is 129 cm³/mol. The summed E-state index contributed by atoms with van der Waals surface area (Å²) in [6.07, 6.45) is 11.5. The third kappa shape index (κ3) is 8.50. The first-order chi connectivity index (χ1) is 14.1. The Bertz CT molecular complexity index is 855. The number of amides is 1. The summed E-state index contributed by atoms with van der Waals surface area (Å²) in [4.78, 5) is 11.1. The van der Waals surface area contributed by atoms with Crippen LogP contribution in [0.4, 0.5) is 0 Å². The van der Waals surface area contributed by atoms with Crippen LogP contribution in [-0.4, -0.2) is 29.4 Å². The number of benzene rings is 2. The monoisotopic (exact) mass is 431 g/mol. The highest BCUT2D eigenvalue weighted by Crippen LogP contribution is 2.51. The third-order valence-corrected chi connectivity index (χ3v) is 7.08. The molecule has 2 rings (SSSR count). The number of nitrogens with one attached hydrogen (secondary N) is 1. The minimum Gasteiger partial charge on any atom is -0.329 e. The first-order valence-corrected chi connectivity index (χ1v) is 13.1. The number of unbranched alkanes of at least 4 members (excludes halogenated alkanes) is 2. The molecule has 2 aromatic rings. The number of carbonyl (C=O) groups excluding carboxylic acids is 1. The Morgan fingerprint density at radius 1 is 1.13 bits per heavy atom. The van der Waals surface area contributed by atoms with Crippen LogP contribution in [0, 0.1) is 5.41 Å². The van der Waals surface area contributed by atoms with Crippen molar-refractivity contribution >= 4 is 27.0 Å². The summed E-state index contributed by atoms with van der Waals surface area (Å²) < 4.78 is 6.78. The molecule has 0 spiro atoms. The van der Waals surface area contributed by atoms with Gasteiger partial charge >= 0.3 is 0 Å². The van der Waals surface area contributed by atoms with Gasteiger partial charge in [-0.2, -0.15) is 0 Å². The molecule has 0 aromatic heterocycles. The van der Waals surface area contributed by atoms with Crippen molar-refractivity contribution in [3.8, 4) is 0 Å². The lowest BCUT2D eigenvalue weighted by molar-refractivity contribution is -0.124. The van der Waals surface area contributed by atoms with E-state index in [4.69, 9.17) is 9.39 Å². The summed E-state index contributed by atoms with van der Waals surface area (Å²) in [7, 11) is -1.20. The molecule has 0 bridgehead atoms. The molecule has 1 atom stereocenters. The molecule has 0 radical (unpaired) electrons. The van der Waals surface area contributed by atoms with E-state index < -0.39 is 16.2 Å². The van der Waals surface area contributed by atoms with Crippen molar-refractivity contribution < 1.29 is 14.2 Å². The van der Waals surface area contributed by atoms with Gasteiger partial charge in [-0.1, -0.05) is 69.7 Å². The van der Waals surface area contributed by atoms with E-state index in [0.717, 1.165) is 31.4 Å². The van der Waals surface area contributed by atoms with Gasteiger partial charge in [0.2, 0.25) is 0 Å². The number of hydrogen-bond donors (Lipinski definition) is 2. The van der Waals surface area contributed by atoms with E-state index in [0.29, 0.717) is 0 Å². The molecule has 2 aromatic carbocycles. The van der Waals surface area contributed by atoms with Gasteiger partial charge in [0.05, 0.1) is 6.10 Å². The van der Waals surface area contributed by atoms with Crippen molar-refractivity contribution in [1.82, 2.24) is 5.48 Å². The summed E-state index contributed by atoms with van der Waals surface area (Å²) in [5.41, 5.74) is 3.07. The van der Waals surface area contributed by atoms with Crippen molar-refractivity contribution in [3.05, 3.63) is 60.2 Å². The maximum absolute atomic E-state index is 11.1. The summed E-state index contributed by atoms with van der Waals surface area (Å²) in [6.45, 7) is 6.81. The Balaban J connectivity index is 2.11. The van der Waals surface area contributed by atoms with Crippen LogP contribution in [0.15, 0.2) is 54.6 Å². The van der Waals surface area contributed by atoms with E-state index in [2.05, 4.69) is 75.7 Å². The summed E-state index contributed by atoms with van der Waals surface area (Å²) in [6, 6.07) is 15.1. The number of hydroxylamine groups is 1. The first kappa shape index (κ1) is 24.4. The fraction of sp³-hybridized carbons (Fsp3) is 0.480. The molecule has 0 aliphatic carbocycles. The third-order valence-electron chi connectivity index (χ3n) is 4.77. The molecule has 0 heterocycles. The lowest BCUT2D eigenvalue weighted by Gasteiger charge is -2.40. The minimum atomic E-state index is -1.20. The van der Waals surface area contributed by atoms with Gasteiger partial charge in [0.1, 0.15) is 0 Å². The molecule has 0 aliphatic rings. The van der Waals surface area contributed by atoms with E-state index in [9.17, 15) is 4.79 Å². The largest absolute Gasteiger partial charge is 0.329 e. The van der Waals surface area contributed by atoms with Gasteiger partial charge in [-0.05, 0) is 59.6 Å². The zero-order valence-corrected chi connectivity index (χ0v) is 19.8. The highest BCUT2D eigenvalue weighted by atomic mass is 32.3. The molecule has 166 valence electrons. The molecule has 0 saturated heterocycles. The number of allylic oxidation sites excluding steroid dienone is 1.